The van der Waals surface area contributed by atoms with Gasteiger partial charge in [-0.1, -0.05) is 12.1 Å². The van der Waals surface area contributed by atoms with Crippen molar-refractivity contribution >= 4 is 28.2 Å². The van der Waals surface area contributed by atoms with E-state index >= 15 is 0 Å². The molecule has 0 aliphatic rings. The molecular formula is C19H29N4OS+. The summed E-state index contributed by atoms with van der Waals surface area (Å²) in [5.74, 6) is 0. The molecule has 136 valence electrons. The summed E-state index contributed by atoms with van der Waals surface area (Å²) in [5, 5.41) is 4.96. The van der Waals surface area contributed by atoms with Gasteiger partial charge in [-0.25, -0.2) is 0 Å². The van der Waals surface area contributed by atoms with Gasteiger partial charge in [-0.2, -0.15) is 0 Å². The first-order valence-corrected chi connectivity index (χ1v) is 9.18. The fourth-order valence-corrected chi connectivity index (χ4v) is 3.07. The Hall–Kier alpha value is -1.92. The molecule has 2 aromatic rings. The Labute approximate surface area is 155 Å². The number of aryl methyl sites for hydroxylation is 2. The summed E-state index contributed by atoms with van der Waals surface area (Å²) in [6.45, 7) is 9.17. The first-order chi connectivity index (χ1) is 11.8. The Kier molecular flexibility index (Phi) is 6.56. The smallest absolute Gasteiger partial charge is 0.253 e. The number of nitrogens with one attached hydrogen (secondary N) is 3. The highest BCUT2D eigenvalue weighted by Gasteiger charge is 2.14. The quantitative estimate of drug-likeness (QED) is 0.672. The van der Waals surface area contributed by atoms with Crippen molar-refractivity contribution in [2.24, 2.45) is 0 Å². The van der Waals surface area contributed by atoms with Crippen LogP contribution in [0.3, 0.4) is 0 Å². The van der Waals surface area contributed by atoms with E-state index in [2.05, 4.69) is 48.4 Å². The molecule has 1 heterocycles. The maximum absolute atomic E-state index is 12.6. The molecule has 0 fully saturated rings. The van der Waals surface area contributed by atoms with Gasteiger partial charge in [0, 0.05) is 12.1 Å². The Morgan fingerprint density at radius 2 is 2.04 bits per heavy atom. The average molecular weight is 362 g/mol. The van der Waals surface area contributed by atoms with Crippen molar-refractivity contribution in [2.75, 3.05) is 33.7 Å². The number of quaternary nitrogens is 1. The summed E-state index contributed by atoms with van der Waals surface area (Å²) in [6, 6.07) is 6.15. The minimum atomic E-state index is -0.0392. The summed E-state index contributed by atoms with van der Waals surface area (Å²) >= 11 is 5.50. The molecule has 6 heteroatoms. The van der Waals surface area contributed by atoms with Crippen LogP contribution in [0.1, 0.15) is 23.6 Å². The van der Waals surface area contributed by atoms with E-state index in [0.29, 0.717) is 11.7 Å². The van der Waals surface area contributed by atoms with Gasteiger partial charge in [-0.05, 0) is 55.6 Å². The van der Waals surface area contributed by atoms with Gasteiger partial charge in [0.05, 0.1) is 39.2 Å². The summed E-state index contributed by atoms with van der Waals surface area (Å²) in [7, 11) is 4.23. The molecule has 0 aliphatic heterocycles. The predicted octanol–water partition coefficient (Wildman–Crippen LogP) is 0.986. The lowest BCUT2D eigenvalue weighted by atomic mass is 10.0. The lowest BCUT2D eigenvalue weighted by Gasteiger charge is -2.26. The number of nitrogens with zero attached hydrogens (tertiary/aromatic N) is 1. The van der Waals surface area contributed by atoms with Gasteiger partial charge in [0.1, 0.15) is 0 Å². The molecule has 0 unspecified atom stereocenters. The highest BCUT2D eigenvalue weighted by Crippen LogP contribution is 2.19. The Morgan fingerprint density at radius 1 is 1.32 bits per heavy atom. The summed E-state index contributed by atoms with van der Waals surface area (Å²) < 4.78 is 0. The highest BCUT2D eigenvalue weighted by molar-refractivity contribution is 7.80. The van der Waals surface area contributed by atoms with E-state index in [9.17, 15) is 4.79 Å². The number of hydrogen-bond donors (Lipinski definition) is 3. The van der Waals surface area contributed by atoms with E-state index in [1.54, 1.807) is 0 Å². The molecule has 0 saturated heterocycles. The third-order valence-corrected chi connectivity index (χ3v) is 4.89. The van der Waals surface area contributed by atoms with Crippen LogP contribution in [-0.4, -0.2) is 48.7 Å². The van der Waals surface area contributed by atoms with Crippen LogP contribution < -0.4 is 15.8 Å². The molecule has 0 aliphatic carbocycles. The zero-order valence-corrected chi connectivity index (χ0v) is 16.6. The second-order valence-electron chi connectivity index (χ2n) is 6.81. The highest BCUT2D eigenvalue weighted by atomic mass is 32.1. The molecular weight excluding hydrogens is 332 g/mol. The number of fused-ring (bicyclic) bond motifs is 1. The molecule has 0 saturated carbocycles. The average Bonchev–Trinajstić information content (AvgIpc) is 2.56. The lowest BCUT2D eigenvalue weighted by molar-refractivity contribution is -0.857. The third kappa shape index (κ3) is 4.80. The lowest BCUT2D eigenvalue weighted by Crippen LogP contribution is -3.06. The zero-order valence-electron chi connectivity index (χ0n) is 15.8. The van der Waals surface area contributed by atoms with Gasteiger partial charge in [0.15, 0.2) is 5.11 Å². The van der Waals surface area contributed by atoms with Crippen LogP contribution in [0.25, 0.3) is 10.9 Å². The van der Waals surface area contributed by atoms with Crippen LogP contribution in [0.15, 0.2) is 23.0 Å². The minimum absolute atomic E-state index is 0.0392. The van der Waals surface area contributed by atoms with E-state index in [-0.39, 0.29) is 5.56 Å². The van der Waals surface area contributed by atoms with Crippen molar-refractivity contribution in [1.29, 1.82) is 0 Å². The van der Waals surface area contributed by atoms with Crippen LogP contribution in [0.2, 0.25) is 0 Å². The van der Waals surface area contributed by atoms with E-state index in [1.165, 1.54) is 10.5 Å². The number of thiocarbonyl (C=S) groups is 1. The molecule has 5 nitrogen and oxygen atoms in total. The van der Waals surface area contributed by atoms with E-state index in [0.717, 1.165) is 41.7 Å². The van der Waals surface area contributed by atoms with Crippen molar-refractivity contribution in [3.05, 3.63) is 45.2 Å². The molecule has 25 heavy (non-hydrogen) atoms. The second kappa shape index (κ2) is 8.45. The third-order valence-electron chi connectivity index (χ3n) is 4.49. The molecule has 0 amide bonds. The van der Waals surface area contributed by atoms with Crippen LogP contribution in [0.5, 0.6) is 0 Å². The van der Waals surface area contributed by atoms with Crippen molar-refractivity contribution in [2.45, 2.75) is 27.3 Å². The topological polar surface area (TPSA) is 52.6 Å². The fourth-order valence-electron chi connectivity index (χ4n) is 2.77. The SMILES string of the molecule is CCNC(=S)N(CC[NH+](C)C)Cc1cc2ccc(C)c(C)c2[nH]c1=O. The van der Waals surface area contributed by atoms with E-state index in [1.807, 2.05) is 19.9 Å². The zero-order chi connectivity index (χ0) is 18.6. The molecule has 0 atom stereocenters. The van der Waals surface area contributed by atoms with Gasteiger partial charge >= 0.3 is 0 Å². The maximum Gasteiger partial charge on any atom is 0.253 e. The molecule has 2 rings (SSSR count). The van der Waals surface area contributed by atoms with Crippen LogP contribution in [-0.2, 0) is 6.54 Å². The Bertz CT molecular complexity index is 813. The van der Waals surface area contributed by atoms with Crippen molar-refractivity contribution in [1.82, 2.24) is 15.2 Å². The maximum atomic E-state index is 12.6. The fraction of sp³-hybridized carbons (Fsp3) is 0.474. The number of benzene rings is 1. The monoisotopic (exact) mass is 361 g/mol. The predicted molar refractivity (Wildman–Crippen MR) is 108 cm³/mol. The van der Waals surface area contributed by atoms with Gasteiger partial charge in [-0.15, -0.1) is 0 Å². The normalized spacial score (nSPS) is 11.1. The van der Waals surface area contributed by atoms with E-state index < -0.39 is 0 Å². The van der Waals surface area contributed by atoms with Crippen LogP contribution in [0, 0.1) is 13.8 Å². The summed E-state index contributed by atoms with van der Waals surface area (Å²) in [4.78, 5) is 19.1. The second-order valence-corrected chi connectivity index (χ2v) is 7.20. The van der Waals surface area contributed by atoms with Crippen molar-refractivity contribution in [3.63, 3.8) is 0 Å². The molecule has 0 bridgehead atoms. The molecule has 1 aromatic heterocycles. The summed E-state index contributed by atoms with van der Waals surface area (Å²) in [5.41, 5.74) is 3.93. The standard InChI is InChI=1S/C19H28N4OS/c1-6-20-19(25)23(10-9-22(4)5)12-16-11-15-8-7-13(2)14(3)17(15)21-18(16)24/h7-8,11H,6,9-10,12H2,1-5H3,(H,20,25)(H,21,24)/p+1. The molecule has 0 spiro atoms. The minimum Gasteiger partial charge on any atom is -0.363 e. The summed E-state index contributed by atoms with van der Waals surface area (Å²) in [6.07, 6.45) is 0. The first kappa shape index (κ1) is 19.4. The van der Waals surface area contributed by atoms with Crippen molar-refractivity contribution in [3.8, 4) is 0 Å². The molecule has 3 N–H and O–H groups in total. The number of rotatable bonds is 6. The van der Waals surface area contributed by atoms with Crippen molar-refractivity contribution < 1.29 is 4.90 Å². The van der Waals surface area contributed by atoms with E-state index in [4.69, 9.17) is 12.2 Å². The number of likely N-dealkylation sites (N-methyl/N-ethyl adjacent to an activating group) is 1. The molecule has 1 aromatic carbocycles. The number of hydrogen-bond acceptors (Lipinski definition) is 2. The first-order valence-electron chi connectivity index (χ1n) is 8.77. The largest absolute Gasteiger partial charge is 0.363 e. The van der Waals surface area contributed by atoms with Gasteiger partial charge in [0.2, 0.25) is 0 Å². The Morgan fingerprint density at radius 3 is 2.68 bits per heavy atom. The van der Waals surface area contributed by atoms with Gasteiger partial charge < -0.3 is 20.1 Å². The Balaban J connectivity index is 2.34. The number of pyridine rings is 1. The number of aromatic nitrogens is 1. The van der Waals surface area contributed by atoms with Crippen LogP contribution in [0.4, 0.5) is 0 Å². The number of aromatic amines is 1. The van der Waals surface area contributed by atoms with Gasteiger partial charge in [-0.3, -0.25) is 4.79 Å². The number of H-pyrrole nitrogens is 1. The van der Waals surface area contributed by atoms with Crippen LogP contribution >= 0.6 is 12.2 Å². The molecule has 0 radical (unpaired) electrons. The van der Waals surface area contributed by atoms with Gasteiger partial charge in [0.25, 0.3) is 5.56 Å².